The molecule has 1 saturated heterocycles. The van der Waals surface area contributed by atoms with Crippen molar-refractivity contribution >= 4 is 32.9 Å². The van der Waals surface area contributed by atoms with Crippen LogP contribution in [0.1, 0.15) is 99.0 Å². The number of likely N-dealkylation sites (tertiary alicyclic amines) is 1. The van der Waals surface area contributed by atoms with Crippen molar-refractivity contribution in [3.63, 3.8) is 0 Å². The molecule has 1 N–H and O–H groups in total. The van der Waals surface area contributed by atoms with Crippen molar-refractivity contribution in [2.45, 2.75) is 84.1 Å². The highest BCUT2D eigenvalue weighted by molar-refractivity contribution is 7.87. The maximum Gasteiger partial charge on any atom is 0.303 e. The summed E-state index contributed by atoms with van der Waals surface area (Å²) in [4.78, 5) is 30.1. The van der Waals surface area contributed by atoms with Crippen molar-refractivity contribution in [1.82, 2.24) is 18.5 Å². The minimum atomic E-state index is -3.97. The Balaban J connectivity index is 1.62. The normalized spacial score (nSPS) is 22.3. The Kier molecular flexibility index (Phi) is 8.74. The van der Waals surface area contributed by atoms with Gasteiger partial charge in [0.05, 0.1) is 18.2 Å². The van der Waals surface area contributed by atoms with Gasteiger partial charge in [0.15, 0.2) is 0 Å². The van der Waals surface area contributed by atoms with Crippen LogP contribution in [-0.4, -0.2) is 68.3 Å². The number of amides is 2. The van der Waals surface area contributed by atoms with E-state index in [4.69, 9.17) is 4.74 Å². The largest absolute Gasteiger partial charge is 0.497 e. The molecule has 2 fully saturated rings. The van der Waals surface area contributed by atoms with Gasteiger partial charge in [-0.15, -0.1) is 0 Å². The highest BCUT2D eigenvalue weighted by Gasteiger charge is 2.70. The summed E-state index contributed by atoms with van der Waals surface area (Å²) in [6, 6.07) is 11.8. The Bertz CT molecular complexity index is 1770. The number of carbonyl (C=O) groups excluding carboxylic acids is 2. The lowest BCUT2D eigenvalue weighted by Gasteiger charge is -2.32. The van der Waals surface area contributed by atoms with Gasteiger partial charge in [-0.1, -0.05) is 39.7 Å². The summed E-state index contributed by atoms with van der Waals surface area (Å²) in [5, 5.41) is 1.06. The predicted octanol–water partition coefficient (Wildman–Crippen LogP) is 6.28. The smallest absolute Gasteiger partial charge is 0.303 e. The first-order chi connectivity index (χ1) is 22.0. The molecule has 1 saturated carbocycles. The quantitative estimate of drug-likeness (QED) is 0.279. The third-order valence-electron chi connectivity index (χ3n) is 10.8. The third kappa shape index (κ3) is 5.21. The molecule has 1 aromatic heterocycles. The van der Waals surface area contributed by atoms with Gasteiger partial charge in [-0.2, -0.15) is 12.7 Å². The highest BCUT2D eigenvalue weighted by Crippen LogP contribution is 2.70. The molecule has 0 bridgehead atoms. The Morgan fingerprint density at radius 3 is 2.37 bits per heavy atom. The first-order valence-electron chi connectivity index (χ1n) is 16.9. The number of carbonyl (C=O) groups is 2. The van der Waals surface area contributed by atoms with Crippen molar-refractivity contribution in [2.24, 2.45) is 11.3 Å². The lowest BCUT2D eigenvalue weighted by atomic mass is 9.85. The second-order valence-electron chi connectivity index (χ2n) is 13.7. The molecule has 2 aromatic carbocycles. The molecule has 10 heteroatoms. The van der Waals surface area contributed by atoms with Gasteiger partial charge in [0, 0.05) is 61.7 Å². The van der Waals surface area contributed by atoms with E-state index >= 15 is 0 Å². The molecule has 3 atom stereocenters. The van der Waals surface area contributed by atoms with Gasteiger partial charge in [-0.25, -0.2) is 4.72 Å². The van der Waals surface area contributed by atoms with Gasteiger partial charge in [0.2, 0.25) is 5.91 Å². The van der Waals surface area contributed by atoms with Crippen LogP contribution in [0.2, 0.25) is 0 Å². The second-order valence-corrected chi connectivity index (χ2v) is 15.6. The average molecular weight is 649 g/mol. The summed E-state index contributed by atoms with van der Waals surface area (Å²) in [5.74, 6) is 0.783. The molecule has 46 heavy (non-hydrogen) atoms. The minimum Gasteiger partial charge on any atom is -0.497 e. The molecule has 1 unspecified atom stereocenters. The van der Waals surface area contributed by atoms with E-state index in [1.807, 2.05) is 18.2 Å². The van der Waals surface area contributed by atoms with Crippen molar-refractivity contribution in [1.29, 1.82) is 0 Å². The second kappa shape index (κ2) is 12.3. The van der Waals surface area contributed by atoms with Crippen LogP contribution in [0.4, 0.5) is 0 Å². The number of ether oxygens (including phenoxy) is 1. The number of rotatable bonds is 10. The number of methoxy groups -OCH3 is 1. The molecular weight excluding hydrogens is 600 g/mol. The van der Waals surface area contributed by atoms with E-state index in [-0.39, 0.29) is 29.2 Å². The number of nitrogens with one attached hydrogen (secondary N) is 1. The van der Waals surface area contributed by atoms with Crippen molar-refractivity contribution < 1.29 is 22.7 Å². The monoisotopic (exact) mass is 648 g/mol. The molecule has 2 amide bonds. The van der Waals surface area contributed by atoms with Crippen LogP contribution in [0.5, 0.6) is 5.75 Å². The molecule has 248 valence electrons. The molecule has 6 rings (SSSR count). The summed E-state index contributed by atoms with van der Waals surface area (Å²) in [5.41, 5.74) is 5.16. The summed E-state index contributed by atoms with van der Waals surface area (Å²) in [6.07, 6.45) is 7.31. The Hall–Kier alpha value is -3.37. The number of piperidine rings is 1. The molecule has 3 heterocycles. The zero-order valence-corrected chi connectivity index (χ0v) is 28.9. The molecule has 3 aliphatic rings. The average Bonchev–Trinajstić information content (AvgIpc) is 3.56. The van der Waals surface area contributed by atoms with Crippen molar-refractivity contribution in [3.8, 4) is 17.0 Å². The maximum atomic E-state index is 14.7. The number of fused-ring (bicyclic) bond motifs is 7. The third-order valence-corrected chi connectivity index (χ3v) is 12.2. The first-order valence-corrected chi connectivity index (χ1v) is 18.3. The Morgan fingerprint density at radius 1 is 1.04 bits per heavy atom. The fraction of sp³-hybridized carbons (Fsp3) is 0.556. The standard InChI is InChI=1S/C36H48N4O5S/c1-7-12-24(13-8-2)31-28-16-14-25(34(41)37-46(43,44)38(4)5)20-30(28)40-22-36(35(42)39-18-10-9-11-19-39)23(3)32(36)29-21-26(45-6)15-17-27(29)33(31)40/h14-17,20-21,23-24,32H,7-13,18-19,22H2,1-6H3,(H,37,41)/t23-,32?,36+/m0/s1. The number of nitrogens with zero attached hydrogens (tertiary/aromatic N) is 3. The molecular formula is C36H48N4O5S. The van der Waals surface area contributed by atoms with Gasteiger partial charge >= 0.3 is 10.2 Å². The zero-order valence-electron chi connectivity index (χ0n) is 28.1. The molecule has 9 nitrogen and oxygen atoms in total. The van der Waals surface area contributed by atoms with Gasteiger partial charge in [0.25, 0.3) is 5.91 Å². The summed E-state index contributed by atoms with van der Waals surface area (Å²) >= 11 is 0. The molecule has 3 aromatic rings. The Morgan fingerprint density at radius 2 is 1.74 bits per heavy atom. The minimum absolute atomic E-state index is 0.0438. The highest BCUT2D eigenvalue weighted by atomic mass is 32.2. The number of hydrogen-bond acceptors (Lipinski definition) is 5. The summed E-state index contributed by atoms with van der Waals surface area (Å²) in [6.45, 7) is 8.72. The predicted molar refractivity (Wildman–Crippen MR) is 181 cm³/mol. The van der Waals surface area contributed by atoms with E-state index in [1.54, 1.807) is 13.2 Å². The van der Waals surface area contributed by atoms with Crippen LogP contribution in [0, 0.1) is 11.3 Å². The van der Waals surface area contributed by atoms with E-state index in [2.05, 4.69) is 47.1 Å². The van der Waals surface area contributed by atoms with Crippen molar-refractivity contribution in [2.75, 3.05) is 34.3 Å². The van der Waals surface area contributed by atoms with E-state index in [9.17, 15) is 18.0 Å². The van der Waals surface area contributed by atoms with Crippen molar-refractivity contribution in [3.05, 3.63) is 53.1 Å². The lowest BCUT2D eigenvalue weighted by Crippen LogP contribution is -2.43. The summed E-state index contributed by atoms with van der Waals surface area (Å²) < 4.78 is 36.4. The molecule has 1 aliphatic carbocycles. The molecule has 2 aliphatic heterocycles. The SMILES string of the molecule is CCCC(CCC)c1c2n(c3cc(C(=O)NS(=O)(=O)N(C)C)ccc13)C[C@]1(C(=O)N3CCCCC3)C(c3cc(OC)ccc3-2)[C@@H]1C. The Labute approximate surface area is 273 Å². The van der Waals surface area contributed by atoms with Crippen LogP contribution < -0.4 is 9.46 Å². The number of benzene rings is 2. The van der Waals surface area contributed by atoms with Crippen LogP contribution in [0.25, 0.3) is 22.2 Å². The first kappa shape index (κ1) is 32.6. The van der Waals surface area contributed by atoms with Crippen LogP contribution in [-0.2, 0) is 21.5 Å². The molecule has 0 spiro atoms. The lowest BCUT2D eigenvalue weighted by molar-refractivity contribution is -0.139. The van der Waals surface area contributed by atoms with Gasteiger partial charge in [-0.3, -0.25) is 9.59 Å². The zero-order chi connectivity index (χ0) is 33.0. The number of aromatic nitrogens is 1. The summed E-state index contributed by atoms with van der Waals surface area (Å²) in [7, 11) is 0.490. The van der Waals surface area contributed by atoms with E-state index in [0.717, 1.165) is 95.8 Å². The fourth-order valence-electron chi connectivity index (χ4n) is 8.39. The van der Waals surface area contributed by atoms with Gasteiger partial charge in [0.1, 0.15) is 5.75 Å². The van der Waals surface area contributed by atoms with E-state index in [0.29, 0.717) is 6.54 Å². The van der Waals surface area contributed by atoms with Crippen LogP contribution in [0.15, 0.2) is 36.4 Å². The maximum absolute atomic E-state index is 14.7. The fourth-order valence-corrected chi connectivity index (χ4v) is 8.93. The molecule has 0 radical (unpaired) electrons. The van der Waals surface area contributed by atoms with Crippen LogP contribution in [0.3, 0.4) is 0 Å². The van der Waals surface area contributed by atoms with E-state index < -0.39 is 21.5 Å². The van der Waals surface area contributed by atoms with Gasteiger partial charge < -0.3 is 14.2 Å². The number of hydrogen-bond donors (Lipinski definition) is 1. The van der Waals surface area contributed by atoms with Gasteiger partial charge in [-0.05, 0) is 85.4 Å². The topological polar surface area (TPSA) is 101 Å². The van der Waals surface area contributed by atoms with Crippen LogP contribution >= 0.6 is 0 Å². The van der Waals surface area contributed by atoms with E-state index in [1.165, 1.54) is 19.7 Å².